The van der Waals surface area contributed by atoms with Crippen molar-refractivity contribution in [2.45, 2.75) is 12.1 Å². The van der Waals surface area contributed by atoms with Crippen molar-refractivity contribution in [1.29, 1.82) is 0 Å². The Balaban J connectivity index is 1.96. The van der Waals surface area contributed by atoms with Crippen LogP contribution in [0.15, 0.2) is 42.6 Å². The molecule has 1 aliphatic heterocycles. The lowest BCUT2D eigenvalue weighted by Gasteiger charge is -2.44. The molecule has 2 heterocycles. The normalized spacial score (nSPS) is 21.1. The molecule has 21 heavy (non-hydrogen) atoms. The topological polar surface area (TPSA) is 62.7 Å². The van der Waals surface area contributed by atoms with Crippen LogP contribution in [0.5, 0.6) is 5.75 Å². The van der Waals surface area contributed by atoms with Gasteiger partial charge in [-0.2, -0.15) is 0 Å². The van der Waals surface area contributed by atoms with Crippen molar-refractivity contribution >= 4 is 11.6 Å². The summed E-state index contributed by atoms with van der Waals surface area (Å²) in [7, 11) is 1.54. The number of halogens is 1. The number of aliphatic hydroxyl groups excluding tert-OH is 1. The molecular weight excluding hydrogens is 275 g/mol. The Kier molecular flexibility index (Phi) is 3.31. The zero-order valence-electron chi connectivity index (χ0n) is 11.2. The van der Waals surface area contributed by atoms with Crippen LogP contribution >= 0.6 is 0 Å². The molecule has 3 rings (SSSR count). The van der Waals surface area contributed by atoms with Gasteiger partial charge in [0.05, 0.1) is 7.11 Å². The quantitative estimate of drug-likeness (QED) is 0.873. The molecule has 6 heteroatoms. The highest BCUT2D eigenvalue weighted by Crippen LogP contribution is 2.39. The summed E-state index contributed by atoms with van der Waals surface area (Å²) in [5, 5.41) is 9.86. The van der Waals surface area contributed by atoms with Crippen LogP contribution in [0.1, 0.15) is 11.7 Å². The molecule has 1 aromatic heterocycles. The first-order valence-corrected chi connectivity index (χ1v) is 6.39. The van der Waals surface area contributed by atoms with Crippen LogP contribution in [0.3, 0.4) is 0 Å². The fourth-order valence-electron chi connectivity index (χ4n) is 2.39. The van der Waals surface area contributed by atoms with Gasteiger partial charge in [-0.15, -0.1) is 0 Å². The van der Waals surface area contributed by atoms with Crippen LogP contribution in [0.2, 0.25) is 0 Å². The number of rotatable bonds is 3. The number of carbonyl (C=O) groups excluding carboxylic acids is 1. The third-order valence-corrected chi connectivity index (χ3v) is 3.49. The Bertz CT molecular complexity index is 675. The molecule has 2 atom stereocenters. The first kappa shape index (κ1) is 13.5. The van der Waals surface area contributed by atoms with Crippen molar-refractivity contribution in [3.05, 3.63) is 54.1 Å². The number of ether oxygens (including phenoxy) is 1. The van der Waals surface area contributed by atoms with E-state index in [1.807, 2.05) is 0 Å². The van der Waals surface area contributed by atoms with E-state index >= 15 is 0 Å². The van der Waals surface area contributed by atoms with Crippen molar-refractivity contribution in [1.82, 2.24) is 4.98 Å². The Hall–Kier alpha value is -2.47. The number of carbonyl (C=O) groups is 1. The summed E-state index contributed by atoms with van der Waals surface area (Å²) in [6.45, 7) is 0. The molecule has 1 saturated heterocycles. The number of pyridine rings is 1. The average Bonchev–Trinajstić information content (AvgIpc) is 2.53. The number of methoxy groups -OCH3 is 1. The summed E-state index contributed by atoms with van der Waals surface area (Å²) in [6, 6.07) is 8.64. The Morgan fingerprint density at radius 2 is 2.00 bits per heavy atom. The first-order valence-electron chi connectivity index (χ1n) is 6.39. The number of hydrogen-bond donors (Lipinski definition) is 1. The molecule has 5 nitrogen and oxygen atoms in total. The highest BCUT2D eigenvalue weighted by Gasteiger charge is 2.49. The monoisotopic (exact) mass is 288 g/mol. The lowest BCUT2D eigenvalue weighted by Crippen LogP contribution is -2.59. The maximum Gasteiger partial charge on any atom is 0.259 e. The van der Waals surface area contributed by atoms with E-state index in [9.17, 15) is 14.3 Å². The molecule has 0 unspecified atom stereocenters. The minimum atomic E-state index is -1.28. The number of aromatic nitrogens is 1. The molecule has 1 aromatic carbocycles. The van der Waals surface area contributed by atoms with Crippen LogP contribution in [-0.4, -0.2) is 29.2 Å². The summed E-state index contributed by atoms with van der Waals surface area (Å²) >= 11 is 0. The molecule has 1 amide bonds. The Labute approximate surface area is 120 Å². The smallest absolute Gasteiger partial charge is 0.259 e. The average molecular weight is 288 g/mol. The summed E-state index contributed by atoms with van der Waals surface area (Å²) in [6.07, 6.45) is 0.150. The fourth-order valence-corrected chi connectivity index (χ4v) is 2.39. The van der Waals surface area contributed by atoms with Gasteiger partial charge in [0.15, 0.2) is 6.10 Å². The van der Waals surface area contributed by atoms with Crippen molar-refractivity contribution in [3.8, 4) is 5.75 Å². The minimum absolute atomic E-state index is 0.0559. The molecule has 1 N–H and O–H groups in total. The van der Waals surface area contributed by atoms with Gasteiger partial charge in [0.2, 0.25) is 0 Å². The van der Waals surface area contributed by atoms with Crippen molar-refractivity contribution < 1.29 is 19.0 Å². The SMILES string of the molecule is COc1ccc(N2C(=O)[C@H](O)[C@@H]2c2ncccc2F)cc1. The van der Waals surface area contributed by atoms with Gasteiger partial charge in [0.1, 0.15) is 23.3 Å². The summed E-state index contributed by atoms with van der Waals surface area (Å²) in [4.78, 5) is 17.2. The van der Waals surface area contributed by atoms with Gasteiger partial charge >= 0.3 is 0 Å². The van der Waals surface area contributed by atoms with E-state index < -0.39 is 23.9 Å². The second kappa shape index (κ2) is 5.14. The van der Waals surface area contributed by atoms with Gasteiger partial charge < -0.3 is 9.84 Å². The molecule has 0 bridgehead atoms. The fraction of sp³-hybridized carbons (Fsp3) is 0.200. The maximum absolute atomic E-state index is 13.8. The Morgan fingerprint density at radius 3 is 2.62 bits per heavy atom. The number of nitrogens with zero attached hydrogens (tertiary/aromatic N) is 2. The summed E-state index contributed by atoms with van der Waals surface area (Å²) in [5.41, 5.74) is 0.613. The van der Waals surface area contributed by atoms with Crippen molar-refractivity contribution in [3.63, 3.8) is 0 Å². The molecular formula is C15H13FN2O3. The first-order chi connectivity index (χ1) is 10.1. The minimum Gasteiger partial charge on any atom is -0.497 e. The third-order valence-electron chi connectivity index (χ3n) is 3.49. The molecule has 1 aliphatic rings. The second-order valence-electron chi connectivity index (χ2n) is 4.67. The zero-order chi connectivity index (χ0) is 15.0. The van der Waals surface area contributed by atoms with E-state index in [-0.39, 0.29) is 5.69 Å². The second-order valence-corrected chi connectivity index (χ2v) is 4.67. The molecule has 0 aliphatic carbocycles. The van der Waals surface area contributed by atoms with E-state index in [4.69, 9.17) is 4.74 Å². The predicted octanol–water partition coefficient (Wildman–Crippen LogP) is 1.68. The molecule has 0 radical (unpaired) electrons. The number of anilines is 1. The molecule has 108 valence electrons. The summed E-state index contributed by atoms with van der Waals surface area (Å²) in [5.74, 6) is -0.379. The lowest BCUT2D eigenvalue weighted by atomic mass is 9.93. The van der Waals surface area contributed by atoms with E-state index in [1.54, 1.807) is 31.4 Å². The van der Waals surface area contributed by atoms with E-state index in [1.165, 1.54) is 23.2 Å². The Morgan fingerprint density at radius 1 is 1.29 bits per heavy atom. The van der Waals surface area contributed by atoms with Gasteiger partial charge in [-0.3, -0.25) is 14.7 Å². The van der Waals surface area contributed by atoms with Crippen molar-refractivity contribution in [2.75, 3.05) is 12.0 Å². The van der Waals surface area contributed by atoms with Crippen LogP contribution in [0, 0.1) is 5.82 Å². The van der Waals surface area contributed by atoms with Crippen LogP contribution in [-0.2, 0) is 4.79 Å². The van der Waals surface area contributed by atoms with Crippen molar-refractivity contribution in [2.24, 2.45) is 0 Å². The highest BCUT2D eigenvalue weighted by molar-refractivity contribution is 6.04. The maximum atomic E-state index is 13.8. The van der Waals surface area contributed by atoms with E-state index in [0.29, 0.717) is 11.4 Å². The van der Waals surface area contributed by atoms with E-state index in [2.05, 4.69) is 4.98 Å². The van der Waals surface area contributed by atoms with Gasteiger partial charge in [0, 0.05) is 11.9 Å². The number of benzene rings is 1. The third kappa shape index (κ3) is 2.13. The molecule has 2 aromatic rings. The largest absolute Gasteiger partial charge is 0.497 e. The lowest BCUT2D eigenvalue weighted by molar-refractivity contribution is -0.137. The van der Waals surface area contributed by atoms with Gasteiger partial charge in [-0.25, -0.2) is 4.39 Å². The summed E-state index contributed by atoms with van der Waals surface area (Å²) < 4.78 is 18.9. The van der Waals surface area contributed by atoms with Crippen LogP contribution < -0.4 is 9.64 Å². The molecule has 0 spiro atoms. The zero-order valence-corrected chi connectivity index (χ0v) is 11.2. The van der Waals surface area contributed by atoms with Crippen LogP contribution in [0.25, 0.3) is 0 Å². The number of amides is 1. The molecule has 0 saturated carbocycles. The number of β-lactam (4-membered cyclic amide) rings is 1. The predicted molar refractivity (Wildman–Crippen MR) is 73.4 cm³/mol. The van der Waals surface area contributed by atoms with Crippen LogP contribution in [0.4, 0.5) is 10.1 Å². The van der Waals surface area contributed by atoms with E-state index in [0.717, 1.165) is 0 Å². The van der Waals surface area contributed by atoms with Gasteiger partial charge in [-0.1, -0.05) is 0 Å². The highest BCUT2D eigenvalue weighted by atomic mass is 19.1. The number of aliphatic hydroxyl groups is 1. The standard InChI is InChI=1S/C15H13FN2O3/c1-21-10-6-4-9(5-7-10)18-13(14(19)15(18)20)12-11(16)3-2-8-17-12/h2-8,13-14,19H,1H3/t13-,14+/m0/s1. The van der Waals surface area contributed by atoms with Gasteiger partial charge in [-0.05, 0) is 36.4 Å². The van der Waals surface area contributed by atoms with Gasteiger partial charge in [0.25, 0.3) is 5.91 Å². The number of hydrogen-bond acceptors (Lipinski definition) is 4. The molecule has 1 fully saturated rings.